The van der Waals surface area contributed by atoms with Crippen molar-refractivity contribution in [1.29, 1.82) is 0 Å². The number of carbonyl (C=O) groups is 1. The van der Waals surface area contributed by atoms with Crippen LogP contribution in [0.2, 0.25) is 0 Å². The Kier molecular flexibility index (Phi) is 3.29. The second-order valence-corrected chi connectivity index (χ2v) is 4.46. The van der Waals surface area contributed by atoms with Crippen molar-refractivity contribution in [3.05, 3.63) is 24.0 Å². The normalized spacial score (nSPS) is 25.9. The van der Waals surface area contributed by atoms with Crippen molar-refractivity contribution in [3.63, 3.8) is 0 Å². The van der Waals surface area contributed by atoms with Gasteiger partial charge in [0.25, 0.3) is 5.91 Å². The Morgan fingerprint density at radius 1 is 1.69 bits per heavy atom. The summed E-state index contributed by atoms with van der Waals surface area (Å²) in [6.07, 6.45) is 4.10. The third-order valence-electron chi connectivity index (χ3n) is 3.32. The monoisotopic (exact) mass is 222 g/mol. The number of amides is 1. The fraction of sp³-hybridized carbons (Fsp3) is 0.583. The van der Waals surface area contributed by atoms with Gasteiger partial charge in [-0.1, -0.05) is 6.92 Å². The van der Waals surface area contributed by atoms with Gasteiger partial charge in [0.15, 0.2) is 0 Å². The predicted molar refractivity (Wildman–Crippen MR) is 61.1 cm³/mol. The molecule has 1 atom stereocenters. The summed E-state index contributed by atoms with van der Waals surface area (Å²) in [5.74, 6) is 0.372. The van der Waals surface area contributed by atoms with Gasteiger partial charge in [0.2, 0.25) is 0 Å². The number of hydrogen-bond acceptors (Lipinski definition) is 2. The summed E-state index contributed by atoms with van der Waals surface area (Å²) in [6.45, 7) is 2.06. The molecule has 1 aromatic rings. The summed E-state index contributed by atoms with van der Waals surface area (Å²) in [7, 11) is 0. The van der Waals surface area contributed by atoms with Gasteiger partial charge in [0.1, 0.15) is 5.69 Å². The molecule has 4 heteroatoms. The molecule has 3 N–H and O–H groups in total. The summed E-state index contributed by atoms with van der Waals surface area (Å²) < 4.78 is 0. The Morgan fingerprint density at radius 2 is 2.44 bits per heavy atom. The quantitative estimate of drug-likeness (QED) is 0.718. The van der Waals surface area contributed by atoms with Crippen molar-refractivity contribution in [2.45, 2.75) is 38.3 Å². The average molecular weight is 222 g/mol. The number of H-pyrrole nitrogens is 1. The van der Waals surface area contributed by atoms with Crippen molar-refractivity contribution < 1.29 is 9.90 Å². The first kappa shape index (κ1) is 11.2. The van der Waals surface area contributed by atoms with Gasteiger partial charge in [-0.2, -0.15) is 0 Å². The molecule has 0 aliphatic heterocycles. The van der Waals surface area contributed by atoms with Crippen LogP contribution in [0.5, 0.6) is 0 Å². The summed E-state index contributed by atoms with van der Waals surface area (Å²) in [5.41, 5.74) is 0.596. The molecular formula is C12H18N2O2. The minimum absolute atomic E-state index is 0.0572. The van der Waals surface area contributed by atoms with Gasteiger partial charge in [-0.25, -0.2) is 0 Å². The van der Waals surface area contributed by atoms with E-state index < -0.39 is 0 Å². The molecule has 1 heterocycles. The van der Waals surface area contributed by atoms with Gasteiger partial charge in [0, 0.05) is 12.2 Å². The fourth-order valence-corrected chi connectivity index (χ4v) is 2.23. The summed E-state index contributed by atoms with van der Waals surface area (Å²) >= 11 is 0. The highest BCUT2D eigenvalue weighted by molar-refractivity contribution is 5.92. The lowest BCUT2D eigenvalue weighted by molar-refractivity contribution is 0.0232. The van der Waals surface area contributed by atoms with E-state index in [1.54, 1.807) is 12.3 Å². The van der Waals surface area contributed by atoms with Crippen molar-refractivity contribution in [1.82, 2.24) is 10.3 Å². The maximum absolute atomic E-state index is 11.8. The lowest BCUT2D eigenvalue weighted by Gasteiger charge is -2.37. The Balaban J connectivity index is 1.89. The molecule has 2 rings (SSSR count). The fourth-order valence-electron chi connectivity index (χ4n) is 2.23. The smallest absolute Gasteiger partial charge is 0.267 e. The number of carbonyl (C=O) groups excluding carboxylic acids is 1. The van der Waals surface area contributed by atoms with E-state index >= 15 is 0 Å². The second-order valence-electron chi connectivity index (χ2n) is 4.46. The molecule has 1 aliphatic rings. The van der Waals surface area contributed by atoms with Gasteiger partial charge >= 0.3 is 0 Å². The van der Waals surface area contributed by atoms with E-state index in [0.717, 1.165) is 19.3 Å². The number of nitrogens with one attached hydrogen (secondary N) is 2. The molecule has 1 unspecified atom stereocenters. The van der Waals surface area contributed by atoms with Crippen LogP contribution in [0.15, 0.2) is 18.3 Å². The van der Waals surface area contributed by atoms with Crippen LogP contribution >= 0.6 is 0 Å². The molecule has 1 saturated carbocycles. The van der Waals surface area contributed by atoms with Crippen molar-refractivity contribution in [3.8, 4) is 0 Å². The zero-order valence-electron chi connectivity index (χ0n) is 9.44. The van der Waals surface area contributed by atoms with Gasteiger partial charge < -0.3 is 15.4 Å². The molecule has 1 amide bonds. The van der Waals surface area contributed by atoms with Crippen LogP contribution in [0.1, 0.15) is 36.7 Å². The number of rotatable bonds is 4. The highest BCUT2D eigenvalue weighted by atomic mass is 16.3. The zero-order valence-corrected chi connectivity index (χ0v) is 9.44. The van der Waals surface area contributed by atoms with Gasteiger partial charge in [-0.3, -0.25) is 4.79 Å². The van der Waals surface area contributed by atoms with Crippen molar-refractivity contribution >= 4 is 5.91 Å². The van der Waals surface area contributed by atoms with Crippen LogP contribution in [0.25, 0.3) is 0 Å². The molecule has 88 valence electrons. The summed E-state index contributed by atoms with van der Waals surface area (Å²) in [6, 6.07) is 3.75. The van der Waals surface area contributed by atoms with Gasteiger partial charge in [-0.05, 0) is 37.3 Å². The van der Waals surface area contributed by atoms with E-state index in [4.69, 9.17) is 0 Å². The van der Waals surface area contributed by atoms with Crippen molar-refractivity contribution in [2.75, 3.05) is 0 Å². The number of hydrogen-bond donors (Lipinski definition) is 3. The molecule has 0 bridgehead atoms. The topological polar surface area (TPSA) is 65.1 Å². The molecule has 0 radical (unpaired) electrons. The van der Waals surface area contributed by atoms with Gasteiger partial charge in [-0.15, -0.1) is 0 Å². The van der Waals surface area contributed by atoms with E-state index in [1.807, 2.05) is 6.07 Å². The molecule has 1 aliphatic carbocycles. The first-order valence-corrected chi connectivity index (χ1v) is 5.83. The number of aromatic nitrogens is 1. The number of aliphatic hydroxyl groups excluding tert-OH is 1. The van der Waals surface area contributed by atoms with Crippen LogP contribution in [0, 0.1) is 5.92 Å². The highest BCUT2D eigenvalue weighted by Gasteiger charge is 2.33. The van der Waals surface area contributed by atoms with E-state index in [-0.39, 0.29) is 18.1 Å². The van der Waals surface area contributed by atoms with Crippen LogP contribution in [-0.4, -0.2) is 28.1 Å². The van der Waals surface area contributed by atoms with Crippen LogP contribution < -0.4 is 5.32 Å². The maximum atomic E-state index is 11.8. The molecule has 16 heavy (non-hydrogen) atoms. The predicted octanol–water partition coefficient (Wildman–Crippen LogP) is 1.29. The van der Waals surface area contributed by atoms with E-state index in [2.05, 4.69) is 17.2 Å². The molecule has 0 aromatic carbocycles. The second kappa shape index (κ2) is 4.70. The van der Waals surface area contributed by atoms with Crippen molar-refractivity contribution in [2.24, 2.45) is 5.92 Å². The van der Waals surface area contributed by atoms with Crippen LogP contribution in [0.3, 0.4) is 0 Å². The van der Waals surface area contributed by atoms with E-state index in [1.165, 1.54) is 0 Å². The summed E-state index contributed by atoms with van der Waals surface area (Å²) in [5, 5.41) is 12.3. The van der Waals surface area contributed by atoms with Gasteiger partial charge in [0.05, 0.1) is 6.10 Å². The first-order valence-electron chi connectivity index (χ1n) is 5.83. The average Bonchev–Trinajstić information content (AvgIpc) is 2.75. The Labute approximate surface area is 95.1 Å². The van der Waals surface area contributed by atoms with E-state index in [0.29, 0.717) is 11.6 Å². The number of aromatic amines is 1. The Morgan fingerprint density at radius 3 is 2.94 bits per heavy atom. The molecular weight excluding hydrogens is 204 g/mol. The number of aliphatic hydroxyl groups is 1. The Bertz CT molecular complexity index is 342. The van der Waals surface area contributed by atoms with E-state index in [9.17, 15) is 9.90 Å². The zero-order chi connectivity index (χ0) is 11.5. The SMILES string of the molecule is CCC(NC(=O)c1ccc[nH]1)C1CC(O)C1. The Hall–Kier alpha value is -1.29. The summed E-state index contributed by atoms with van der Waals surface area (Å²) in [4.78, 5) is 14.7. The maximum Gasteiger partial charge on any atom is 0.267 e. The molecule has 4 nitrogen and oxygen atoms in total. The highest BCUT2D eigenvalue weighted by Crippen LogP contribution is 2.31. The third kappa shape index (κ3) is 2.27. The third-order valence-corrected chi connectivity index (χ3v) is 3.32. The lowest BCUT2D eigenvalue weighted by Crippen LogP contribution is -2.46. The molecule has 1 aromatic heterocycles. The molecule has 1 fully saturated rings. The minimum Gasteiger partial charge on any atom is -0.393 e. The minimum atomic E-state index is -0.165. The molecule has 0 spiro atoms. The standard InChI is InChI=1S/C12H18N2O2/c1-2-10(8-6-9(15)7-8)14-12(16)11-4-3-5-13-11/h3-5,8-10,13,15H,2,6-7H2,1H3,(H,14,16). The lowest BCUT2D eigenvalue weighted by atomic mass is 9.76. The first-order chi connectivity index (χ1) is 7.70. The largest absolute Gasteiger partial charge is 0.393 e. The van der Waals surface area contributed by atoms with Crippen LogP contribution in [-0.2, 0) is 0 Å². The van der Waals surface area contributed by atoms with Crippen LogP contribution in [0.4, 0.5) is 0 Å². The molecule has 0 saturated heterocycles.